The lowest BCUT2D eigenvalue weighted by Crippen LogP contribution is -2.29. The van der Waals surface area contributed by atoms with Gasteiger partial charge in [0.1, 0.15) is 12.3 Å². The topological polar surface area (TPSA) is 103 Å². The van der Waals surface area contributed by atoms with E-state index < -0.39 is 15.9 Å². The van der Waals surface area contributed by atoms with Crippen LogP contribution in [0.3, 0.4) is 0 Å². The number of nitrogens with one attached hydrogen (secondary N) is 1. The van der Waals surface area contributed by atoms with Crippen molar-refractivity contribution in [2.24, 2.45) is 0 Å². The number of carbonyl (C=O) groups excluding carboxylic acids is 1. The van der Waals surface area contributed by atoms with Gasteiger partial charge >= 0.3 is 5.69 Å². The summed E-state index contributed by atoms with van der Waals surface area (Å²) in [6.07, 6.45) is 0.782. The van der Waals surface area contributed by atoms with Gasteiger partial charge in [-0.15, -0.1) is 0 Å². The third-order valence-corrected chi connectivity index (χ3v) is 6.71. The number of para-hydroxylation sites is 2. The highest BCUT2D eigenvalue weighted by Crippen LogP contribution is 2.28. The maximum absolute atomic E-state index is 12.9. The van der Waals surface area contributed by atoms with Crippen LogP contribution in [0, 0.1) is 0 Å². The molecule has 0 bridgehead atoms. The van der Waals surface area contributed by atoms with E-state index in [4.69, 9.17) is 4.74 Å². The number of imidazole rings is 1. The van der Waals surface area contributed by atoms with Gasteiger partial charge < -0.3 is 10.1 Å². The average Bonchev–Trinajstić information content (AvgIpc) is 2.99. The Bertz CT molecular complexity index is 1270. The summed E-state index contributed by atoms with van der Waals surface area (Å²) in [5.41, 5.74) is 1.36. The minimum absolute atomic E-state index is 0.0188. The minimum Gasteiger partial charge on any atom is -0.495 e. The molecule has 0 radical (unpaired) electrons. The molecule has 1 heterocycles. The average molecular weight is 447 g/mol. The summed E-state index contributed by atoms with van der Waals surface area (Å²) in [5, 5.41) is 2.68. The smallest absolute Gasteiger partial charge is 0.329 e. The molecule has 0 unspecified atom stereocenters. The second-order valence-electron chi connectivity index (χ2n) is 7.21. The molecule has 0 saturated carbocycles. The summed E-state index contributed by atoms with van der Waals surface area (Å²) in [5.74, 6) is -0.161. The molecule has 1 amide bonds. The van der Waals surface area contributed by atoms with Crippen LogP contribution >= 0.6 is 0 Å². The quantitative estimate of drug-likeness (QED) is 0.571. The molecule has 1 aromatic heterocycles. The Hall–Kier alpha value is -3.11. The summed E-state index contributed by atoms with van der Waals surface area (Å²) in [4.78, 5) is 25.7. The Morgan fingerprint density at radius 1 is 1.10 bits per heavy atom. The van der Waals surface area contributed by atoms with Gasteiger partial charge in [-0.05, 0) is 36.8 Å². The molecule has 10 heteroatoms. The largest absolute Gasteiger partial charge is 0.495 e. The molecule has 31 heavy (non-hydrogen) atoms. The predicted molar refractivity (Wildman–Crippen MR) is 119 cm³/mol. The molecular weight excluding hydrogens is 420 g/mol. The first-order chi connectivity index (χ1) is 14.7. The van der Waals surface area contributed by atoms with Crippen molar-refractivity contribution < 1.29 is 17.9 Å². The van der Waals surface area contributed by atoms with Gasteiger partial charge in [-0.3, -0.25) is 13.9 Å². The zero-order chi connectivity index (χ0) is 22.8. The van der Waals surface area contributed by atoms with E-state index in [1.54, 1.807) is 10.6 Å². The molecule has 2 aromatic carbocycles. The number of ether oxygens (including phenoxy) is 1. The van der Waals surface area contributed by atoms with E-state index in [9.17, 15) is 18.0 Å². The number of benzene rings is 2. The zero-order valence-corrected chi connectivity index (χ0v) is 18.8. The van der Waals surface area contributed by atoms with Gasteiger partial charge in [0, 0.05) is 20.6 Å². The van der Waals surface area contributed by atoms with Crippen molar-refractivity contribution in [1.29, 1.82) is 0 Å². The standard InChI is InChI=1S/C21H26N4O5S/c1-5-12-24-17-8-6-7-9-18(17)25(21(24)27)14-20(26)22-16-13-15(10-11-19(16)30-4)31(28,29)23(2)3/h6-11,13H,5,12,14H2,1-4H3,(H,22,26). The fourth-order valence-corrected chi connectivity index (χ4v) is 4.28. The van der Waals surface area contributed by atoms with Crippen LogP contribution < -0.4 is 15.7 Å². The molecule has 0 aliphatic heterocycles. The third-order valence-electron chi connectivity index (χ3n) is 4.90. The highest BCUT2D eigenvalue weighted by atomic mass is 32.2. The lowest BCUT2D eigenvalue weighted by Gasteiger charge is -2.15. The van der Waals surface area contributed by atoms with E-state index >= 15 is 0 Å². The van der Waals surface area contributed by atoms with E-state index in [-0.39, 0.29) is 22.8 Å². The number of sulfonamides is 1. The molecule has 3 aromatic rings. The van der Waals surface area contributed by atoms with Gasteiger partial charge in [-0.1, -0.05) is 19.1 Å². The van der Waals surface area contributed by atoms with Crippen molar-refractivity contribution in [3.05, 3.63) is 52.9 Å². The molecule has 166 valence electrons. The van der Waals surface area contributed by atoms with Crippen molar-refractivity contribution in [1.82, 2.24) is 13.4 Å². The van der Waals surface area contributed by atoms with Crippen molar-refractivity contribution in [3.63, 3.8) is 0 Å². The first-order valence-corrected chi connectivity index (χ1v) is 11.2. The maximum atomic E-state index is 12.9. The van der Waals surface area contributed by atoms with E-state index in [1.165, 1.54) is 44.0 Å². The Balaban J connectivity index is 1.95. The maximum Gasteiger partial charge on any atom is 0.329 e. The number of carbonyl (C=O) groups is 1. The van der Waals surface area contributed by atoms with Gasteiger partial charge in [0.05, 0.1) is 28.7 Å². The van der Waals surface area contributed by atoms with Gasteiger partial charge in [-0.2, -0.15) is 0 Å². The first kappa shape index (κ1) is 22.6. The highest BCUT2D eigenvalue weighted by Gasteiger charge is 2.21. The lowest BCUT2D eigenvalue weighted by molar-refractivity contribution is -0.116. The second-order valence-corrected chi connectivity index (χ2v) is 9.36. The molecule has 1 N–H and O–H groups in total. The number of hydrogen-bond donors (Lipinski definition) is 1. The van der Waals surface area contributed by atoms with Crippen LogP contribution in [0.4, 0.5) is 5.69 Å². The Kier molecular flexibility index (Phi) is 6.51. The number of fused-ring (bicyclic) bond motifs is 1. The molecular formula is C21H26N4O5S. The van der Waals surface area contributed by atoms with E-state index in [2.05, 4.69) is 5.32 Å². The van der Waals surface area contributed by atoms with Crippen molar-refractivity contribution in [2.45, 2.75) is 31.3 Å². The van der Waals surface area contributed by atoms with Gasteiger partial charge in [0.25, 0.3) is 0 Å². The molecule has 0 atom stereocenters. The highest BCUT2D eigenvalue weighted by molar-refractivity contribution is 7.89. The summed E-state index contributed by atoms with van der Waals surface area (Å²) < 4.78 is 34.3. The van der Waals surface area contributed by atoms with Crippen LogP contribution in [0.2, 0.25) is 0 Å². The van der Waals surface area contributed by atoms with Crippen molar-refractivity contribution in [3.8, 4) is 5.75 Å². The van der Waals surface area contributed by atoms with E-state index in [0.717, 1.165) is 16.2 Å². The number of aryl methyl sites for hydroxylation is 1. The molecule has 3 rings (SSSR count). The van der Waals surface area contributed by atoms with Crippen LogP contribution in [0.15, 0.2) is 52.2 Å². The van der Waals surface area contributed by atoms with Gasteiger partial charge in [0.15, 0.2) is 0 Å². The van der Waals surface area contributed by atoms with Crippen LogP contribution in [0.1, 0.15) is 13.3 Å². The van der Waals surface area contributed by atoms with Crippen molar-refractivity contribution in [2.75, 3.05) is 26.5 Å². The van der Waals surface area contributed by atoms with Crippen LogP contribution in [0.25, 0.3) is 11.0 Å². The second kappa shape index (κ2) is 8.94. The molecule has 0 saturated heterocycles. The number of nitrogens with zero attached hydrogens (tertiary/aromatic N) is 3. The fraction of sp³-hybridized carbons (Fsp3) is 0.333. The minimum atomic E-state index is -3.69. The molecule has 0 fully saturated rings. The van der Waals surface area contributed by atoms with Gasteiger partial charge in [-0.25, -0.2) is 17.5 Å². The molecule has 9 nitrogen and oxygen atoms in total. The molecule has 0 aliphatic carbocycles. The predicted octanol–water partition coefficient (Wildman–Crippen LogP) is 2.11. The number of hydrogen-bond acceptors (Lipinski definition) is 5. The lowest BCUT2D eigenvalue weighted by atomic mass is 10.3. The van der Waals surface area contributed by atoms with E-state index in [0.29, 0.717) is 17.8 Å². The Labute approximate surface area is 180 Å². The number of methoxy groups -OCH3 is 1. The third kappa shape index (κ3) is 4.35. The number of anilines is 1. The Morgan fingerprint density at radius 3 is 2.32 bits per heavy atom. The fourth-order valence-electron chi connectivity index (χ4n) is 3.35. The monoisotopic (exact) mass is 446 g/mol. The number of amides is 1. The molecule has 0 spiro atoms. The number of aromatic nitrogens is 2. The van der Waals surface area contributed by atoms with Crippen LogP contribution in [-0.4, -0.2) is 49.0 Å². The summed E-state index contributed by atoms with van der Waals surface area (Å²) in [6.45, 7) is 2.31. The van der Waals surface area contributed by atoms with E-state index in [1.807, 2.05) is 25.1 Å². The van der Waals surface area contributed by atoms with Crippen LogP contribution in [0.5, 0.6) is 5.75 Å². The number of rotatable bonds is 8. The summed E-state index contributed by atoms with van der Waals surface area (Å²) in [7, 11) is 0.589. The summed E-state index contributed by atoms with van der Waals surface area (Å²) >= 11 is 0. The first-order valence-electron chi connectivity index (χ1n) is 9.79. The van der Waals surface area contributed by atoms with Gasteiger partial charge in [0.2, 0.25) is 15.9 Å². The molecule has 0 aliphatic rings. The van der Waals surface area contributed by atoms with Crippen molar-refractivity contribution >= 4 is 32.7 Å². The SMILES string of the molecule is CCCn1c(=O)n(CC(=O)Nc2cc(S(=O)(=O)N(C)C)ccc2OC)c2ccccc21. The summed E-state index contributed by atoms with van der Waals surface area (Å²) in [6, 6.07) is 11.5. The Morgan fingerprint density at radius 2 is 1.74 bits per heavy atom. The van der Waals surface area contributed by atoms with Crippen LogP contribution in [-0.2, 0) is 27.9 Å². The zero-order valence-electron chi connectivity index (χ0n) is 18.0. The normalized spacial score (nSPS) is 11.8.